The van der Waals surface area contributed by atoms with Crippen LogP contribution in [-0.2, 0) is 16.4 Å². The predicted octanol–water partition coefficient (Wildman–Crippen LogP) is 1.56. The van der Waals surface area contributed by atoms with Crippen LogP contribution in [0.1, 0.15) is 5.56 Å². The second-order valence-corrected chi connectivity index (χ2v) is 6.03. The Bertz CT molecular complexity index is 553. The highest BCUT2D eigenvalue weighted by atomic mass is 127. The number of nitrogens with zero attached hydrogens (tertiary/aromatic N) is 1. The standard InChI is InChI=1S/C13H19N3O2S.HI/c1-4-9-15-13(14-2)16-10-11-5-7-12(8-6-11)19(3,17)18;/h4-8H,1,9-10H2,2-3H3,(H2,14,15,16);1H. The van der Waals surface area contributed by atoms with Crippen molar-refractivity contribution in [2.75, 3.05) is 19.8 Å². The first-order chi connectivity index (χ1) is 8.97. The summed E-state index contributed by atoms with van der Waals surface area (Å²) in [4.78, 5) is 4.37. The van der Waals surface area contributed by atoms with Crippen molar-refractivity contribution in [1.29, 1.82) is 0 Å². The van der Waals surface area contributed by atoms with Gasteiger partial charge in [0.05, 0.1) is 4.90 Å². The average Bonchev–Trinajstić information content (AvgIpc) is 2.38. The Kier molecular flexibility index (Phi) is 8.47. The Morgan fingerprint density at radius 2 is 1.90 bits per heavy atom. The second kappa shape index (κ2) is 8.96. The zero-order valence-corrected chi connectivity index (χ0v) is 14.7. The SMILES string of the molecule is C=CCNC(=NC)NCc1ccc(S(C)(=O)=O)cc1.I. The molecule has 0 unspecified atom stereocenters. The highest BCUT2D eigenvalue weighted by molar-refractivity contribution is 14.0. The number of hydrogen-bond donors (Lipinski definition) is 2. The van der Waals surface area contributed by atoms with Crippen LogP contribution in [0.5, 0.6) is 0 Å². The van der Waals surface area contributed by atoms with Crippen molar-refractivity contribution in [2.45, 2.75) is 11.4 Å². The van der Waals surface area contributed by atoms with Gasteiger partial charge in [-0.3, -0.25) is 4.99 Å². The third kappa shape index (κ3) is 6.38. The van der Waals surface area contributed by atoms with Crippen molar-refractivity contribution in [2.24, 2.45) is 4.99 Å². The van der Waals surface area contributed by atoms with Gasteiger partial charge in [-0.25, -0.2) is 8.42 Å². The first-order valence-corrected chi connectivity index (χ1v) is 7.71. The van der Waals surface area contributed by atoms with Crippen LogP contribution >= 0.6 is 24.0 Å². The van der Waals surface area contributed by atoms with Gasteiger partial charge in [-0.1, -0.05) is 18.2 Å². The van der Waals surface area contributed by atoms with Gasteiger partial charge >= 0.3 is 0 Å². The molecule has 0 spiro atoms. The van der Waals surface area contributed by atoms with E-state index in [1.165, 1.54) is 6.26 Å². The highest BCUT2D eigenvalue weighted by Crippen LogP contribution is 2.09. The summed E-state index contributed by atoms with van der Waals surface area (Å²) >= 11 is 0. The number of hydrogen-bond acceptors (Lipinski definition) is 3. The minimum Gasteiger partial charge on any atom is -0.353 e. The largest absolute Gasteiger partial charge is 0.353 e. The molecule has 0 heterocycles. The van der Waals surface area contributed by atoms with Gasteiger partial charge in [0.15, 0.2) is 15.8 Å². The minimum atomic E-state index is -3.14. The van der Waals surface area contributed by atoms with E-state index < -0.39 is 9.84 Å². The number of halogens is 1. The Balaban J connectivity index is 0.00000361. The summed E-state index contributed by atoms with van der Waals surface area (Å²) in [5.41, 5.74) is 0.981. The Morgan fingerprint density at radius 1 is 1.30 bits per heavy atom. The molecular formula is C13H20IN3O2S. The molecule has 1 rings (SSSR count). The molecule has 0 saturated heterocycles. The zero-order valence-electron chi connectivity index (χ0n) is 11.6. The van der Waals surface area contributed by atoms with Gasteiger partial charge in [0.25, 0.3) is 0 Å². The average molecular weight is 409 g/mol. The van der Waals surface area contributed by atoms with Gasteiger partial charge in [-0.05, 0) is 17.7 Å². The highest BCUT2D eigenvalue weighted by Gasteiger charge is 2.06. The molecule has 5 nitrogen and oxygen atoms in total. The molecule has 0 bridgehead atoms. The molecule has 7 heteroatoms. The van der Waals surface area contributed by atoms with Gasteiger partial charge in [0.2, 0.25) is 0 Å². The number of guanidine groups is 1. The summed E-state index contributed by atoms with van der Waals surface area (Å²) in [6, 6.07) is 6.77. The molecule has 112 valence electrons. The molecule has 0 aliphatic heterocycles. The maximum atomic E-state index is 11.3. The number of rotatable bonds is 5. The van der Waals surface area contributed by atoms with Crippen molar-refractivity contribution in [3.05, 3.63) is 42.5 Å². The quantitative estimate of drug-likeness (QED) is 0.335. The summed E-state index contributed by atoms with van der Waals surface area (Å²) in [5, 5.41) is 6.17. The lowest BCUT2D eigenvalue weighted by Gasteiger charge is -2.10. The lowest BCUT2D eigenvalue weighted by atomic mass is 10.2. The van der Waals surface area contributed by atoms with Gasteiger partial charge in [-0.15, -0.1) is 30.6 Å². The van der Waals surface area contributed by atoms with Crippen LogP contribution in [0.15, 0.2) is 46.8 Å². The van der Waals surface area contributed by atoms with Gasteiger partial charge in [-0.2, -0.15) is 0 Å². The van der Waals surface area contributed by atoms with Gasteiger partial charge in [0, 0.05) is 26.4 Å². The zero-order chi connectivity index (χ0) is 14.3. The Hall–Kier alpha value is -1.09. The molecule has 20 heavy (non-hydrogen) atoms. The summed E-state index contributed by atoms with van der Waals surface area (Å²) in [6.45, 7) is 4.82. The van der Waals surface area contributed by atoms with E-state index >= 15 is 0 Å². The van der Waals surface area contributed by atoms with Crippen LogP contribution in [0.25, 0.3) is 0 Å². The van der Waals surface area contributed by atoms with E-state index in [-0.39, 0.29) is 24.0 Å². The lowest BCUT2D eigenvalue weighted by molar-refractivity contribution is 0.602. The normalized spacial score (nSPS) is 11.4. The Morgan fingerprint density at radius 3 is 2.35 bits per heavy atom. The van der Waals surface area contributed by atoms with Crippen LogP contribution in [0, 0.1) is 0 Å². The van der Waals surface area contributed by atoms with E-state index in [1.54, 1.807) is 37.4 Å². The smallest absolute Gasteiger partial charge is 0.191 e. The summed E-state index contributed by atoms with van der Waals surface area (Å²) in [5.74, 6) is 0.673. The fraction of sp³-hybridized carbons (Fsp3) is 0.308. The lowest BCUT2D eigenvalue weighted by Crippen LogP contribution is -2.36. The van der Waals surface area contributed by atoms with Crippen molar-refractivity contribution in [3.63, 3.8) is 0 Å². The molecule has 2 N–H and O–H groups in total. The first-order valence-electron chi connectivity index (χ1n) is 5.82. The van der Waals surface area contributed by atoms with Crippen molar-refractivity contribution >= 4 is 39.8 Å². The molecule has 0 aromatic heterocycles. The summed E-state index contributed by atoms with van der Waals surface area (Å²) < 4.78 is 22.6. The van der Waals surface area contributed by atoms with Gasteiger partial charge in [0.1, 0.15) is 0 Å². The molecule has 0 aliphatic carbocycles. The van der Waals surface area contributed by atoms with Crippen molar-refractivity contribution in [1.82, 2.24) is 10.6 Å². The molecular weight excluding hydrogens is 389 g/mol. The van der Waals surface area contributed by atoms with E-state index in [0.717, 1.165) is 5.56 Å². The van der Waals surface area contributed by atoms with E-state index in [1.807, 2.05) is 0 Å². The third-order valence-electron chi connectivity index (χ3n) is 2.45. The maximum absolute atomic E-state index is 11.3. The monoisotopic (exact) mass is 409 g/mol. The number of aliphatic imine (C=N–C) groups is 1. The van der Waals surface area contributed by atoms with Crippen molar-refractivity contribution in [3.8, 4) is 0 Å². The summed E-state index contributed by atoms with van der Waals surface area (Å²) in [7, 11) is -1.45. The molecule has 0 atom stereocenters. The molecule has 1 aromatic rings. The Labute approximate surface area is 137 Å². The van der Waals surface area contributed by atoms with Crippen LogP contribution in [-0.4, -0.2) is 34.2 Å². The second-order valence-electron chi connectivity index (χ2n) is 4.01. The maximum Gasteiger partial charge on any atom is 0.191 e. The van der Waals surface area contributed by atoms with Crippen LogP contribution in [0.2, 0.25) is 0 Å². The van der Waals surface area contributed by atoms with E-state index in [9.17, 15) is 8.42 Å². The predicted molar refractivity (Wildman–Crippen MR) is 93.4 cm³/mol. The fourth-order valence-electron chi connectivity index (χ4n) is 1.43. The van der Waals surface area contributed by atoms with E-state index in [2.05, 4.69) is 22.2 Å². The number of nitrogens with one attached hydrogen (secondary N) is 2. The molecule has 0 fully saturated rings. The molecule has 0 radical (unpaired) electrons. The summed E-state index contributed by atoms with van der Waals surface area (Å²) in [6.07, 6.45) is 2.94. The third-order valence-corrected chi connectivity index (χ3v) is 3.58. The van der Waals surface area contributed by atoms with Crippen molar-refractivity contribution < 1.29 is 8.42 Å². The number of sulfone groups is 1. The molecule has 0 aliphatic rings. The van der Waals surface area contributed by atoms with Gasteiger partial charge < -0.3 is 10.6 Å². The number of benzene rings is 1. The minimum absolute atomic E-state index is 0. The first kappa shape index (κ1) is 18.9. The fourth-order valence-corrected chi connectivity index (χ4v) is 2.06. The topological polar surface area (TPSA) is 70.6 Å². The van der Waals surface area contributed by atoms with Crippen LogP contribution < -0.4 is 10.6 Å². The molecule has 0 amide bonds. The molecule has 1 aromatic carbocycles. The van der Waals surface area contributed by atoms with Crippen LogP contribution in [0.4, 0.5) is 0 Å². The van der Waals surface area contributed by atoms with E-state index in [4.69, 9.17) is 0 Å². The van der Waals surface area contributed by atoms with Crippen LogP contribution in [0.3, 0.4) is 0 Å². The van der Waals surface area contributed by atoms with E-state index in [0.29, 0.717) is 23.9 Å². The molecule has 0 saturated carbocycles.